The summed E-state index contributed by atoms with van der Waals surface area (Å²) in [5, 5.41) is 25.4. The maximum Gasteiger partial charge on any atom is 0.301 e. The number of hydrogen-bond donors (Lipinski definition) is 1. The normalized spacial score (nSPS) is 11.2. The molecule has 0 saturated heterocycles. The van der Waals surface area contributed by atoms with Crippen molar-refractivity contribution in [3.63, 3.8) is 0 Å². The molecule has 0 atom stereocenters. The highest BCUT2D eigenvalue weighted by molar-refractivity contribution is 5.83. The number of nitro groups is 2. The molecule has 102 valence electrons. The fourth-order valence-electron chi connectivity index (χ4n) is 1.45. The maximum atomic E-state index is 10.9. The zero-order valence-electron chi connectivity index (χ0n) is 10.6. The summed E-state index contributed by atoms with van der Waals surface area (Å²) < 4.78 is 0. The Morgan fingerprint density at radius 2 is 2.00 bits per heavy atom. The van der Waals surface area contributed by atoms with Gasteiger partial charge in [0.1, 0.15) is 5.69 Å². The first kappa shape index (κ1) is 14.6. The molecule has 0 aliphatic heterocycles. The van der Waals surface area contributed by atoms with Gasteiger partial charge in [0.05, 0.1) is 15.9 Å². The van der Waals surface area contributed by atoms with Crippen molar-refractivity contribution in [2.45, 2.75) is 26.7 Å². The Balaban J connectivity index is 3.04. The second kappa shape index (κ2) is 6.43. The fourth-order valence-corrected chi connectivity index (χ4v) is 1.45. The number of hydrazone groups is 1. The molecule has 0 bridgehead atoms. The number of non-ortho nitro benzene ring substituents is 1. The van der Waals surface area contributed by atoms with Crippen molar-refractivity contribution in [1.82, 2.24) is 0 Å². The molecule has 19 heavy (non-hydrogen) atoms. The van der Waals surface area contributed by atoms with Crippen LogP contribution in [0.25, 0.3) is 0 Å². The third kappa shape index (κ3) is 4.02. The summed E-state index contributed by atoms with van der Waals surface area (Å²) in [6, 6.07) is 3.38. The average Bonchev–Trinajstić information content (AvgIpc) is 2.36. The molecular weight excluding hydrogens is 252 g/mol. The Bertz CT molecular complexity index is 527. The Kier molecular flexibility index (Phi) is 4.92. The van der Waals surface area contributed by atoms with Gasteiger partial charge in [0, 0.05) is 11.8 Å². The van der Waals surface area contributed by atoms with Crippen LogP contribution in [-0.2, 0) is 0 Å². The first-order valence-electron chi connectivity index (χ1n) is 5.67. The molecular formula is C11H14N4O4. The third-order valence-corrected chi connectivity index (χ3v) is 2.37. The van der Waals surface area contributed by atoms with Crippen molar-refractivity contribution in [2.75, 3.05) is 5.43 Å². The van der Waals surface area contributed by atoms with E-state index >= 15 is 0 Å². The molecule has 0 fully saturated rings. The first-order valence-corrected chi connectivity index (χ1v) is 5.67. The monoisotopic (exact) mass is 266 g/mol. The summed E-state index contributed by atoms with van der Waals surface area (Å²) >= 11 is 0. The molecule has 0 aliphatic carbocycles. The Hall–Kier alpha value is -2.51. The van der Waals surface area contributed by atoms with E-state index in [0.717, 1.165) is 24.6 Å². The van der Waals surface area contributed by atoms with E-state index in [1.54, 1.807) is 6.92 Å². The van der Waals surface area contributed by atoms with Crippen molar-refractivity contribution in [3.05, 3.63) is 38.4 Å². The van der Waals surface area contributed by atoms with Crippen molar-refractivity contribution in [2.24, 2.45) is 5.10 Å². The summed E-state index contributed by atoms with van der Waals surface area (Å²) in [5.74, 6) is 0. The van der Waals surface area contributed by atoms with Crippen molar-refractivity contribution in [1.29, 1.82) is 0 Å². The summed E-state index contributed by atoms with van der Waals surface area (Å²) in [5.41, 5.74) is 2.80. The second-order valence-electron chi connectivity index (χ2n) is 3.92. The first-order chi connectivity index (χ1) is 8.95. The molecule has 0 aromatic heterocycles. The molecule has 1 N–H and O–H groups in total. The summed E-state index contributed by atoms with van der Waals surface area (Å²) in [6.07, 6.45) is 1.69. The van der Waals surface area contributed by atoms with Crippen LogP contribution in [0.4, 0.5) is 17.1 Å². The van der Waals surface area contributed by atoms with E-state index in [-0.39, 0.29) is 17.1 Å². The van der Waals surface area contributed by atoms with E-state index in [2.05, 4.69) is 10.5 Å². The van der Waals surface area contributed by atoms with Crippen LogP contribution in [-0.4, -0.2) is 15.6 Å². The predicted molar refractivity (Wildman–Crippen MR) is 71.4 cm³/mol. The van der Waals surface area contributed by atoms with Crippen LogP contribution in [0.5, 0.6) is 0 Å². The lowest BCUT2D eigenvalue weighted by Gasteiger charge is -2.03. The number of nitro benzene ring substituents is 2. The van der Waals surface area contributed by atoms with Gasteiger partial charge in [0.2, 0.25) is 0 Å². The molecule has 8 heteroatoms. The Morgan fingerprint density at radius 3 is 2.53 bits per heavy atom. The number of nitrogens with zero attached hydrogens (tertiary/aromatic N) is 3. The van der Waals surface area contributed by atoms with Gasteiger partial charge in [-0.2, -0.15) is 5.10 Å². The lowest BCUT2D eigenvalue weighted by atomic mass is 10.2. The molecule has 0 aliphatic rings. The predicted octanol–water partition coefficient (Wildman–Crippen LogP) is 3.09. The zero-order chi connectivity index (χ0) is 14.4. The minimum Gasteiger partial charge on any atom is -0.272 e. The highest BCUT2D eigenvalue weighted by atomic mass is 16.6. The topological polar surface area (TPSA) is 111 Å². The number of hydrogen-bond acceptors (Lipinski definition) is 6. The summed E-state index contributed by atoms with van der Waals surface area (Å²) in [4.78, 5) is 20.1. The van der Waals surface area contributed by atoms with E-state index < -0.39 is 9.85 Å². The number of nitrogens with one attached hydrogen (secondary N) is 1. The average molecular weight is 266 g/mol. The van der Waals surface area contributed by atoms with E-state index in [9.17, 15) is 20.2 Å². The number of benzene rings is 1. The van der Waals surface area contributed by atoms with Crippen molar-refractivity contribution in [3.8, 4) is 0 Å². The third-order valence-electron chi connectivity index (χ3n) is 2.37. The summed E-state index contributed by atoms with van der Waals surface area (Å²) in [6.45, 7) is 3.79. The minimum absolute atomic E-state index is 0.131. The fraction of sp³-hybridized carbons (Fsp3) is 0.364. The summed E-state index contributed by atoms with van der Waals surface area (Å²) in [7, 11) is 0. The van der Waals surface area contributed by atoms with Crippen LogP contribution >= 0.6 is 0 Å². The molecule has 1 aromatic rings. The molecule has 0 spiro atoms. The van der Waals surface area contributed by atoms with Gasteiger partial charge in [-0.05, 0) is 19.4 Å². The second-order valence-corrected chi connectivity index (χ2v) is 3.92. The molecule has 1 aromatic carbocycles. The van der Waals surface area contributed by atoms with E-state index in [1.165, 1.54) is 12.1 Å². The molecule has 8 nitrogen and oxygen atoms in total. The largest absolute Gasteiger partial charge is 0.301 e. The van der Waals surface area contributed by atoms with Gasteiger partial charge in [-0.25, -0.2) is 0 Å². The quantitative estimate of drug-likeness (QED) is 0.483. The lowest BCUT2D eigenvalue weighted by molar-refractivity contribution is -0.393. The van der Waals surface area contributed by atoms with E-state index in [0.29, 0.717) is 0 Å². The van der Waals surface area contributed by atoms with Gasteiger partial charge in [-0.3, -0.25) is 25.7 Å². The Morgan fingerprint density at radius 1 is 1.32 bits per heavy atom. The van der Waals surface area contributed by atoms with Crippen LogP contribution in [0, 0.1) is 20.2 Å². The van der Waals surface area contributed by atoms with Crippen LogP contribution in [0.1, 0.15) is 26.7 Å². The minimum atomic E-state index is -0.681. The van der Waals surface area contributed by atoms with Gasteiger partial charge < -0.3 is 0 Å². The van der Waals surface area contributed by atoms with Gasteiger partial charge in [-0.15, -0.1) is 0 Å². The van der Waals surface area contributed by atoms with Gasteiger partial charge in [0.15, 0.2) is 0 Å². The van der Waals surface area contributed by atoms with Crippen LogP contribution in [0.3, 0.4) is 0 Å². The standard InChI is InChI=1S/C11H14N4O4/c1-3-4-8(2)12-13-10-6-5-9(14(16)17)7-11(10)15(18)19/h5-7,13H,3-4H2,1-2H3/b12-8-. The van der Waals surface area contributed by atoms with Crippen molar-refractivity contribution < 1.29 is 9.85 Å². The van der Waals surface area contributed by atoms with Gasteiger partial charge in [-0.1, -0.05) is 13.3 Å². The van der Waals surface area contributed by atoms with Gasteiger partial charge >= 0.3 is 5.69 Å². The molecule has 0 heterocycles. The molecule has 1 rings (SSSR count). The Labute approximate surface area is 109 Å². The molecule has 0 unspecified atom stereocenters. The van der Waals surface area contributed by atoms with Crippen LogP contribution < -0.4 is 5.43 Å². The van der Waals surface area contributed by atoms with Crippen LogP contribution in [0.2, 0.25) is 0 Å². The number of rotatable bonds is 6. The van der Waals surface area contributed by atoms with Crippen LogP contribution in [0.15, 0.2) is 23.3 Å². The highest BCUT2D eigenvalue weighted by Gasteiger charge is 2.19. The lowest BCUT2D eigenvalue weighted by Crippen LogP contribution is -2.01. The maximum absolute atomic E-state index is 10.9. The highest BCUT2D eigenvalue weighted by Crippen LogP contribution is 2.28. The molecule has 0 radical (unpaired) electrons. The zero-order valence-corrected chi connectivity index (χ0v) is 10.6. The van der Waals surface area contributed by atoms with Gasteiger partial charge in [0.25, 0.3) is 5.69 Å². The molecule has 0 saturated carbocycles. The van der Waals surface area contributed by atoms with E-state index in [1.807, 2.05) is 6.92 Å². The smallest absolute Gasteiger partial charge is 0.272 e. The van der Waals surface area contributed by atoms with E-state index in [4.69, 9.17) is 0 Å². The van der Waals surface area contributed by atoms with Crippen molar-refractivity contribution >= 4 is 22.8 Å². The number of anilines is 1. The molecule has 0 amide bonds. The SMILES string of the molecule is CCC/C(C)=N\Nc1ccc([N+](=O)[O-])cc1[N+](=O)[O-].